The number of halogens is 1. The fourth-order valence-electron chi connectivity index (χ4n) is 2.71. The van der Waals surface area contributed by atoms with Gasteiger partial charge in [0.25, 0.3) is 0 Å². The third-order valence-corrected chi connectivity index (χ3v) is 4.22. The lowest BCUT2D eigenvalue weighted by atomic mass is 9.96. The van der Waals surface area contributed by atoms with Crippen molar-refractivity contribution in [2.75, 3.05) is 13.1 Å². The number of rotatable bonds is 2. The van der Waals surface area contributed by atoms with E-state index < -0.39 is 0 Å². The molecule has 0 saturated carbocycles. The van der Waals surface area contributed by atoms with Crippen molar-refractivity contribution in [3.63, 3.8) is 0 Å². The fraction of sp³-hybridized carbons (Fsp3) is 0.333. The van der Waals surface area contributed by atoms with Gasteiger partial charge in [0.1, 0.15) is 6.07 Å². The standard InChI is InChI=1S/C15H15BrN4/c16-13-4-3-11(7-17)14(6-13)20-10-19-9-15(20)12-2-1-5-18-8-12/h3-4,6,9-10,12,18H,1-2,5,8H2. The molecule has 2 aromatic rings. The van der Waals surface area contributed by atoms with Crippen LogP contribution in [0.25, 0.3) is 5.69 Å². The summed E-state index contributed by atoms with van der Waals surface area (Å²) in [5.41, 5.74) is 2.72. The lowest BCUT2D eigenvalue weighted by Crippen LogP contribution is -2.29. The highest BCUT2D eigenvalue weighted by Crippen LogP contribution is 2.28. The van der Waals surface area contributed by atoms with Gasteiger partial charge in [0.2, 0.25) is 0 Å². The molecule has 20 heavy (non-hydrogen) atoms. The van der Waals surface area contributed by atoms with Gasteiger partial charge < -0.3 is 9.88 Å². The Hall–Kier alpha value is -1.64. The molecule has 102 valence electrons. The normalized spacial score (nSPS) is 18.7. The minimum Gasteiger partial charge on any atom is -0.316 e. The van der Waals surface area contributed by atoms with Crippen LogP contribution in [0.5, 0.6) is 0 Å². The van der Waals surface area contributed by atoms with Crippen LogP contribution in [-0.4, -0.2) is 22.6 Å². The maximum absolute atomic E-state index is 9.30. The summed E-state index contributed by atoms with van der Waals surface area (Å²) in [5.74, 6) is 0.455. The first-order valence-corrected chi connectivity index (χ1v) is 7.52. The molecule has 1 atom stereocenters. The molecule has 0 amide bonds. The molecular weight excluding hydrogens is 316 g/mol. The first kappa shape index (κ1) is 13.3. The van der Waals surface area contributed by atoms with Crippen LogP contribution in [0.3, 0.4) is 0 Å². The molecule has 1 aromatic carbocycles. The van der Waals surface area contributed by atoms with Crippen molar-refractivity contribution < 1.29 is 0 Å². The first-order chi connectivity index (χ1) is 9.79. The van der Waals surface area contributed by atoms with E-state index in [0.717, 1.165) is 29.7 Å². The minimum absolute atomic E-state index is 0.455. The highest BCUT2D eigenvalue weighted by molar-refractivity contribution is 9.10. The molecule has 0 radical (unpaired) electrons. The van der Waals surface area contributed by atoms with Gasteiger partial charge >= 0.3 is 0 Å². The Morgan fingerprint density at radius 2 is 2.35 bits per heavy atom. The highest BCUT2D eigenvalue weighted by Gasteiger charge is 2.20. The second kappa shape index (κ2) is 5.78. The van der Waals surface area contributed by atoms with Crippen molar-refractivity contribution in [1.82, 2.24) is 14.9 Å². The maximum atomic E-state index is 9.30. The number of nitriles is 1. The molecule has 1 unspecified atom stereocenters. The van der Waals surface area contributed by atoms with Gasteiger partial charge in [0, 0.05) is 28.8 Å². The van der Waals surface area contributed by atoms with Crippen LogP contribution < -0.4 is 5.32 Å². The zero-order valence-corrected chi connectivity index (χ0v) is 12.6. The molecule has 1 saturated heterocycles. The second-order valence-electron chi connectivity index (χ2n) is 5.01. The van der Waals surface area contributed by atoms with Gasteiger partial charge in [-0.2, -0.15) is 5.26 Å². The van der Waals surface area contributed by atoms with Crippen LogP contribution in [0.2, 0.25) is 0 Å². The zero-order valence-electron chi connectivity index (χ0n) is 11.0. The van der Waals surface area contributed by atoms with E-state index in [-0.39, 0.29) is 0 Å². The summed E-state index contributed by atoms with van der Waals surface area (Å²) in [6.07, 6.45) is 6.06. The Balaban J connectivity index is 2.05. The summed E-state index contributed by atoms with van der Waals surface area (Å²) in [5, 5.41) is 12.7. The average molecular weight is 331 g/mol. The third-order valence-electron chi connectivity index (χ3n) is 3.72. The predicted octanol–water partition coefficient (Wildman–Crippen LogP) is 2.97. The van der Waals surface area contributed by atoms with E-state index in [1.807, 2.05) is 29.0 Å². The summed E-state index contributed by atoms with van der Waals surface area (Å²) in [6, 6.07) is 7.95. The van der Waals surface area contributed by atoms with E-state index in [9.17, 15) is 5.26 Å². The molecule has 2 heterocycles. The maximum Gasteiger partial charge on any atom is 0.101 e. The van der Waals surface area contributed by atoms with Crippen molar-refractivity contribution in [3.8, 4) is 11.8 Å². The summed E-state index contributed by atoms with van der Waals surface area (Å²) in [4.78, 5) is 4.29. The number of imidazole rings is 1. The molecule has 0 aliphatic carbocycles. The second-order valence-corrected chi connectivity index (χ2v) is 5.92. The smallest absolute Gasteiger partial charge is 0.101 e. The lowest BCUT2D eigenvalue weighted by Gasteiger charge is -2.24. The van der Waals surface area contributed by atoms with Gasteiger partial charge in [0.05, 0.1) is 17.6 Å². The Bertz CT molecular complexity index is 650. The molecule has 0 spiro atoms. The van der Waals surface area contributed by atoms with Crippen LogP contribution in [0, 0.1) is 11.3 Å². The average Bonchev–Trinajstić information content (AvgIpc) is 2.97. The SMILES string of the molecule is N#Cc1ccc(Br)cc1-n1cncc1C1CCCNC1. The summed E-state index contributed by atoms with van der Waals surface area (Å²) < 4.78 is 3.01. The van der Waals surface area contributed by atoms with Crippen molar-refractivity contribution in [2.45, 2.75) is 18.8 Å². The van der Waals surface area contributed by atoms with Gasteiger partial charge in [-0.25, -0.2) is 4.98 Å². The van der Waals surface area contributed by atoms with Crippen LogP contribution in [0.1, 0.15) is 30.0 Å². The number of aromatic nitrogens is 2. The zero-order chi connectivity index (χ0) is 13.9. The molecule has 1 aliphatic heterocycles. The molecule has 1 N–H and O–H groups in total. The Morgan fingerprint density at radius 1 is 1.45 bits per heavy atom. The van der Waals surface area contributed by atoms with Gasteiger partial charge in [-0.15, -0.1) is 0 Å². The van der Waals surface area contributed by atoms with Gasteiger partial charge in [-0.3, -0.25) is 0 Å². The number of nitrogens with zero attached hydrogens (tertiary/aromatic N) is 3. The van der Waals surface area contributed by atoms with E-state index in [2.05, 4.69) is 32.3 Å². The Morgan fingerprint density at radius 3 is 3.10 bits per heavy atom. The van der Waals surface area contributed by atoms with E-state index in [0.29, 0.717) is 11.5 Å². The molecule has 1 aromatic heterocycles. The monoisotopic (exact) mass is 330 g/mol. The van der Waals surface area contributed by atoms with E-state index in [4.69, 9.17) is 0 Å². The van der Waals surface area contributed by atoms with Crippen LogP contribution in [-0.2, 0) is 0 Å². The van der Waals surface area contributed by atoms with E-state index in [1.54, 1.807) is 6.33 Å². The van der Waals surface area contributed by atoms with E-state index >= 15 is 0 Å². The molecule has 3 rings (SSSR count). The van der Waals surface area contributed by atoms with Crippen LogP contribution in [0.4, 0.5) is 0 Å². The Labute approximate surface area is 126 Å². The fourth-order valence-corrected chi connectivity index (χ4v) is 3.06. The van der Waals surface area contributed by atoms with Crippen molar-refractivity contribution in [1.29, 1.82) is 5.26 Å². The number of nitrogens with one attached hydrogen (secondary N) is 1. The van der Waals surface area contributed by atoms with Crippen molar-refractivity contribution in [3.05, 3.63) is 46.5 Å². The lowest BCUT2D eigenvalue weighted by molar-refractivity contribution is 0.451. The molecule has 1 fully saturated rings. The molecule has 1 aliphatic rings. The number of hydrogen-bond donors (Lipinski definition) is 1. The van der Waals surface area contributed by atoms with Gasteiger partial charge in [-0.1, -0.05) is 15.9 Å². The van der Waals surface area contributed by atoms with Crippen LogP contribution in [0.15, 0.2) is 35.2 Å². The topological polar surface area (TPSA) is 53.6 Å². The van der Waals surface area contributed by atoms with Crippen molar-refractivity contribution in [2.24, 2.45) is 0 Å². The molecule has 5 heteroatoms. The molecule has 4 nitrogen and oxygen atoms in total. The van der Waals surface area contributed by atoms with Crippen LogP contribution >= 0.6 is 15.9 Å². The Kier molecular flexibility index (Phi) is 3.86. The first-order valence-electron chi connectivity index (χ1n) is 6.72. The summed E-state index contributed by atoms with van der Waals surface area (Å²) in [7, 11) is 0. The third kappa shape index (κ3) is 2.49. The molecular formula is C15H15BrN4. The number of piperidine rings is 1. The largest absolute Gasteiger partial charge is 0.316 e. The summed E-state index contributed by atoms with van der Waals surface area (Å²) in [6.45, 7) is 2.06. The number of hydrogen-bond acceptors (Lipinski definition) is 3. The van der Waals surface area contributed by atoms with Gasteiger partial charge in [-0.05, 0) is 37.6 Å². The minimum atomic E-state index is 0.455. The highest BCUT2D eigenvalue weighted by atomic mass is 79.9. The van der Waals surface area contributed by atoms with Gasteiger partial charge in [0.15, 0.2) is 0 Å². The number of benzene rings is 1. The van der Waals surface area contributed by atoms with E-state index in [1.165, 1.54) is 12.1 Å². The summed E-state index contributed by atoms with van der Waals surface area (Å²) >= 11 is 3.48. The van der Waals surface area contributed by atoms with Crippen molar-refractivity contribution >= 4 is 15.9 Å². The quantitative estimate of drug-likeness (QED) is 0.920. The predicted molar refractivity (Wildman–Crippen MR) is 80.8 cm³/mol. The molecule has 0 bridgehead atoms.